The van der Waals surface area contributed by atoms with Crippen LogP contribution in [0.15, 0.2) is 128 Å². The van der Waals surface area contributed by atoms with Gasteiger partial charge in [0.15, 0.2) is 0 Å². The van der Waals surface area contributed by atoms with Crippen molar-refractivity contribution >= 4 is 11.3 Å². The zero-order chi connectivity index (χ0) is 22.0. The quantitative estimate of drug-likeness (QED) is 0.231. The van der Waals surface area contributed by atoms with E-state index in [-0.39, 0.29) is 0 Å². The number of hydrazine groups is 1. The van der Waals surface area contributed by atoms with E-state index in [1.54, 1.807) is 0 Å². The number of hydrogen-bond donors (Lipinski definition) is 2. The first-order chi connectivity index (χ1) is 15.8. The van der Waals surface area contributed by atoms with Crippen LogP contribution in [0.25, 0.3) is 16.7 Å². The van der Waals surface area contributed by atoms with Crippen LogP contribution >= 0.6 is 0 Å². The van der Waals surface area contributed by atoms with Crippen LogP contribution in [0.3, 0.4) is 0 Å². The lowest BCUT2D eigenvalue weighted by molar-refractivity contribution is 1.06. The monoisotopic (exact) mass is 416 g/mol. The molecule has 2 N–H and O–H groups in total. The van der Waals surface area contributed by atoms with E-state index < -0.39 is 0 Å². The fraction of sp³-hybridized carbons (Fsp3) is 0.0667. The number of rotatable bonds is 8. The Hall–Kier alpha value is -4.04. The summed E-state index contributed by atoms with van der Waals surface area (Å²) in [7, 11) is 0. The van der Waals surface area contributed by atoms with Crippen molar-refractivity contribution < 1.29 is 0 Å². The molecule has 4 aromatic rings. The Morgan fingerprint density at radius 1 is 0.688 bits per heavy atom. The molecule has 158 valence electrons. The van der Waals surface area contributed by atoms with Crippen LogP contribution in [0.4, 0.5) is 5.69 Å². The molecule has 4 rings (SSSR count). The summed E-state index contributed by atoms with van der Waals surface area (Å²) in [4.78, 5) is 0. The second-order valence-electron chi connectivity index (χ2n) is 7.76. The molecule has 0 atom stereocenters. The minimum Gasteiger partial charge on any atom is -0.308 e. The summed E-state index contributed by atoms with van der Waals surface area (Å²) in [5.74, 6) is 0. The van der Waals surface area contributed by atoms with Gasteiger partial charge in [-0.2, -0.15) is 0 Å². The van der Waals surface area contributed by atoms with Crippen molar-refractivity contribution in [3.8, 4) is 11.1 Å². The highest BCUT2D eigenvalue weighted by Gasteiger charge is 1.99. The number of aryl methyl sites for hydroxylation is 1. The maximum atomic E-state index is 3.25. The molecule has 2 heteroatoms. The third-order valence-electron chi connectivity index (χ3n) is 5.34. The maximum Gasteiger partial charge on any atom is 0.0540 e. The van der Waals surface area contributed by atoms with E-state index in [1.165, 1.54) is 33.4 Å². The third-order valence-corrected chi connectivity index (χ3v) is 5.34. The van der Waals surface area contributed by atoms with Gasteiger partial charge in [-0.05, 0) is 59.4 Å². The molecule has 0 heterocycles. The molecule has 0 aliphatic carbocycles. The average molecular weight is 417 g/mol. The van der Waals surface area contributed by atoms with Gasteiger partial charge in [0.25, 0.3) is 0 Å². The Morgan fingerprint density at radius 3 is 2.00 bits per heavy atom. The smallest absolute Gasteiger partial charge is 0.0540 e. The van der Waals surface area contributed by atoms with Crippen LogP contribution in [0.5, 0.6) is 0 Å². The van der Waals surface area contributed by atoms with Gasteiger partial charge in [-0.25, -0.2) is 0 Å². The number of nitrogens with one attached hydrogen (secondary N) is 2. The van der Waals surface area contributed by atoms with Gasteiger partial charge in [0.2, 0.25) is 0 Å². The second kappa shape index (κ2) is 10.8. The normalized spacial score (nSPS) is 11.5. The Balaban J connectivity index is 1.40. The van der Waals surface area contributed by atoms with Gasteiger partial charge in [-0.1, -0.05) is 109 Å². The van der Waals surface area contributed by atoms with Gasteiger partial charge in [-0.15, -0.1) is 0 Å². The van der Waals surface area contributed by atoms with Crippen LogP contribution < -0.4 is 10.9 Å². The number of anilines is 1. The minimum absolute atomic E-state index is 0.892. The number of benzene rings is 4. The highest BCUT2D eigenvalue weighted by Crippen LogP contribution is 2.21. The van der Waals surface area contributed by atoms with Gasteiger partial charge >= 0.3 is 0 Å². The van der Waals surface area contributed by atoms with E-state index in [1.807, 2.05) is 18.3 Å². The summed E-state index contributed by atoms with van der Waals surface area (Å²) >= 11 is 0. The molecule has 0 aliphatic heterocycles. The molecule has 0 saturated heterocycles. The molecule has 0 bridgehead atoms. The predicted octanol–water partition coefficient (Wildman–Crippen LogP) is 7.42. The zero-order valence-corrected chi connectivity index (χ0v) is 18.3. The van der Waals surface area contributed by atoms with Crippen molar-refractivity contribution in [3.63, 3.8) is 0 Å². The summed E-state index contributed by atoms with van der Waals surface area (Å²) in [6, 6.07) is 38.0. The minimum atomic E-state index is 0.892. The molecule has 0 spiro atoms. The van der Waals surface area contributed by atoms with Crippen molar-refractivity contribution in [2.75, 3.05) is 5.43 Å². The molecule has 0 radical (unpaired) electrons. The molecule has 0 fully saturated rings. The van der Waals surface area contributed by atoms with Gasteiger partial charge in [-0.3, -0.25) is 0 Å². The summed E-state index contributed by atoms with van der Waals surface area (Å²) in [5, 5.41) is 0. The van der Waals surface area contributed by atoms with E-state index in [2.05, 4.69) is 127 Å². The summed E-state index contributed by atoms with van der Waals surface area (Å²) in [5.41, 5.74) is 14.9. The number of allylic oxidation sites excluding steroid dienone is 3. The van der Waals surface area contributed by atoms with Gasteiger partial charge < -0.3 is 10.9 Å². The molecule has 0 amide bonds. The maximum absolute atomic E-state index is 3.25. The van der Waals surface area contributed by atoms with Crippen molar-refractivity contribution in [2.24, 2.45) is 0 Å². The highest BCUT2D eigenvalue weighted by molar-refractivity contribution is 5.74. The summed E-state index contributed by atoms with van der Waals surface area (Å²) < 4.78 is 0. The van der Waals surface area contributed by atoms with Crippen molar-refractivity contribution in [3.05, 3.63) is 144 Å². The summed E-state index contributed by atoms with van der Waals surface area (Å²) in [6.07, 6.45) is 7.21. The lowest BCUT2D eigenvalue weighted by Crippen LogP contribution is -2.13. The predicted molar refractivity (Wildman–Crippen MR) is 137 cm³/mol. The first-order valence-electron chi connectivity index (χ1n) is 10.9. The Labute approximate surface area is 190 Å². The Kier molecular flexibility index (Phi) is 7.18. The van der Waals surface area contributed by atoms with E-state index >= 15 is 0 Å². The number of hydrogen-bond acceptors (Lipinski definition) is 2. The zero-order valence-electron chi connectivity index (χ0n) is 18.3. The Morgan fingerprint density at radius 2 is 1.31 bits per heavy atom. The van der Waals surface area contributed by atoms with Gasteiger partial charge in [0.05, 0.1) is 5.69 Å². The van der Waals surface area contributed by atoms with E-state index in [4.69, 9.17) is 0 Å². The SMILES string of the molecule is Cc1ccc(C/C=C(\C=C/NNc2ccc(-c3ccccc3)cc2)c2ccccc2)cc1. The van der Waals surface area contributed by atoms with Crippen molar-refractivity contribution in [2.45, 2.75) is 13.3 Å². The second-order valence-corrected chi connectivity index (χ2v) is 7.76. The molecule has 32 heavy (non-hydrogen) atoms. The lowest BCUT2D eigenvalue weighted by Gasteiger charge is -2.08. The first kappa shape index (κ1) is 21.2. The molecule has 0 aliphatic rings. The molecule has 0 saturated carbocycles. The topological polar surface area (TPSA) is 24.1 Å². The molecule has 0 aromatic heterocycles. The van der Waals surface area contributed by atoms with Crippen LogP contribution in [-0.2, 0) is 6.42 Å². The lowest BCUT2D eigenvalue weighted by atomic mass is 10.0. The van der Waals surface area contributed by atoms with Crippen LogP contribution in [0.2, 0.25) is 0 Å². The van der Waals surface area contributed by atoms with Crippen molar-refractivity contribution in [1.82, 2.24) is 5.43 Å². The van der Waals surface area contributed by atoms with E-state index in [0.29, 0.717) is 0 Å². The Bertz CT molecular complexity index is 1160. The van der Waals surface area contributed by atoms with Crippen LogP contribution in [0.1, 0.15) is 16.7 Å². The fourth-order valence-corrected chi connectivity index (χ4v) is 3.50. The van der Waals surface area contributed by atoms with Gasteiger partial charge in [0, 0.05) is 6.20 Å². The molecular formula is C30H28N2. The molecule has 2 nitrogen and oxygen atoms in total. The largest absolute Gasteiger partial charge is 0.308 e. The molecule has 4 aromatic carbocycles. The molecular weight excluding hydrogens is 388 g/mol. The van der Waals surface area contributed by atoms with E-state index in [9.17, 15) is 0 Å². The highest BCUT2D eigenvalue weighted by atomic mass is 15.3. The first-order valence-corrected chi connectivity index (χ1v) is 10.9. The summed E-state index contributed by atoms with van der Waals surface area (Å²) in [6.45, 7) is 2.12. The fourth-order valence-electron chi connectivity index (χ4n) is 3.50. The standard InChI is InChI=1S/C30H28N2/c1-24-12-14-25(15-13-24)16-17-29(27-10-6-3-7-11-27)22-23-31-32-30-20-18-28(19-21-30)26-8-4-2-5-9-26/h2-15,17-23,31-32H,16H2,1H3/b23-22-,29-17+. The van der Waals surface area contributed by atoms with Crippen molar-refractivity contribution in [1.29, 1.82) is 0 Å². The van der Waals surface area contributed by atoms with Crippen LogP contribution in [0, 0.1) is 6.92 Å². The van der Waals surface area contributed by atoms with Crippen LogP contribution in [-0.4, -0.2) is 0 Å². The molecule has 0 unspecified atom stereocenters. The van der Waals surface area contributed by atoms with E-state index in [0.717, 1.165) is 12.1 Å². The van der Waals surface area contributed by atoms with Gasteiger partial charge in [0.1, 0.15) is 0 Å². The average Bonchev–Trinajstić information content (AvgIpc) is 2.86. The third kappa shape index (κ3) is 5.99.